The van der Waals surface area contributed by atoms with Crippen LogP contribution >= 0.6 is 0 Å². The molecule has 154 valence electrons. The maximum absolute atomic E-state index is 14.7. The Labute approximate surface area is 171 Å². The molecule has 0 aliphatic heterocycles. The van der Waals surface area contributed by atoms with E-state index in [9.17, 15) is 14.0 Å². The molecule has 1 aromatic carbocycles. The lowest BCUT2D eigenvalue weighted by molar-refractivity contribution is 0.0996. The van der Waals surface area contributed by atoms with Crippen LogP contribution in [0.2, 0.25) is 0 Å². The molecule has 1 aliphatic rings. The highest BCUT2D eigenvalue weighted by Gasteiger charge is 2.34. The fourth-order valence-electron chi connectivity index (χ4n) is 3.82. The minimum absolute atomic E-state index is 0.0140. The number of hydrogen-bond donors (Lipinski definition) is 2. The Bertz CT molecular complexity index is 1260. The number of aryl methyl sites for hydroxylation is 2. The number of nitrogens with two attached hydrogens (primary N) is 1. The molecule has 4 rings (SSSR count). The second-order valence-electron chi connectivity index (χ2n) is 7.41. The van der Waals surface area contributed by atoms with Crippen molar-refractivity contribution in [2.24, 2.45) is 11.7 Å². The number of carbonyl (C=O) groups is 1. The number of nitrogens with zero attached hydrogens (tertiary/aromatic N) is 5. The molecule has 10 heteroatoms. The molecule has 1 saturated carbocycles. The van der Waals surface area contributed by atoms with Crippen LogP contribution in [0.5, 0.6) is 0 Å². The number of benzene rings is 1. The van der Waals surface area contributed by atoms with Gasteiger partial charge in [-0.05, 0) is 44.4 Å². The maximum Gasteiger partial charge on any atom is 0.330 e. The first kappa shape index (κ1) is 19.6. The van der Waals surface area contributed by atoms with Gasteiger partial charge in [0.15, 0.2) is 11.5 Å². The first-order chi connectivity index (χ1) is 14.3. The molecule has 0 saturated heterocycles. The average molecular weight is 409 g/mol. The van der Waals surface area contributed by atoms with Crippen molar-refractivity contribution in [1.82, 2.24) is 19.1 Å². The molecule has 0 spiro atoms. The number of amides is 1. The van der Waals surface area contributed by atoms with E-state index in [0.29, 0.717) is 36.1 Å². The quantitative estimate of drug-likeness (QED) is 0.665. The highest BCUT2D eigenvalue weighted by molar-refractivity contribution is 5.94. The van der Waals surface area contributed by atoms with Crippen LogP contribution in [0.25, 0.3) is 11.2 Å². The van der Waals surface area contributed by atoms with Crippen molar-refractivity contribution in [2.75, 3.05) is 5.32 Å². The molecule has 0 unspecified atom stereocenters. The van der Waals surface area contributed by atoms with E-state index < -0.39 is 11.7 Å². The lowest BCUT2D eigenvalue weighted by Gasteiger charge is -2.31. The number of imidazole rings is 1. The number of primary amides is 1. The predicted molar refractivity (Wildman–Crippen MR) is 108 cm³/mol. The van der Waals surface area contributed by atoms with Crippen molar-refractivity contribution in [2.45, 2.75) is 39.3 Å². The van der Waals surface area contributed by atoms with Crippen LogP contribution in [0.1, 0.15) is 41.7 Å². The van der Waals surface area contributed by atoms with Gasteiger partial charge >= 0.3 is 5.69 Å². The van der Waals surface area contributed by atoms with E-state index in [-0.39, 0.29) is 34.8 Å². The normalized spacial score (nSPS) is 18.1. The van der Waals surface area contributed by atoms with Crippen molar-refractivity contribution in [3.05, 3.63) is 45.8 Å². The highest BCUT2D eigenvalue weighted by atomic mass is 19.1. The number of anilines is 2. The number of fused-ring (bicyclic) bond motifs is 1. The van der Waals surface area contributed by atoms with Crippen LogP contribution in [0.4, 0.5) is 16.0 Å². The van der Waals surface area contributed by atoms with Gasteiger partial charge in [0, 0.05) is 12.6 Å². The largest absolute Gasteiger partial charge is 0.366 e. The summed E-state index contributed by atoms with van der Waals surface area (Å²) in [5.41, 5.74) is 6.45. The monoisotopic (exact) mass is 409 g/mol. The topological polar surface area (TPSA) is 132 Å². The predicted octanol–water partition coefficient (Wildman–Crippen LogP) is 2.38. The SMILES string of the molecule is CCn1c(=O)n(C2CC(C#N)C2)c2nc(Nc3cc(C)cc(C(N)=O)c3F)ncc21. The van der Waals surface area contributed by atoms with Crippen molar-refractivity contribution >= 4 is 28.7 Å². The van der Waals surface area contributed by atoms with Gasteiger partial charge in [0.1, 0.15) is 5.52 Å². The molecule has 9 nitrogen and oxygen atoms in total. The highest BCUT2D eigenvalue weighted by Crippen LogP contribution is 2.38. The average Bonchev–Trinajstić information content (AvgIpc) is 2.94. The third-order valence-electron chi connectivity index (χ3n) is 5.41. The van der Waals surface area contributed by atoms with Gasteiger partial charge in [0.25, 0.3) is 5.91 Å². The number of nitriles is 1. The summed E-state index contributed by atoms with van der Waals surface area (Å²) in [6.07, 6.45) is 2.68. The van der Waals surface area contributed by atoms with Crippen molar-refractivity contribution < 1.29 is 9.18 Å². The molecule has 3 aromatic rings. The lowest BCUT2D eigenvalue weighted by Crippen LogP contribution is -2.34. The zero-order valence-corrected chi connectivity index (χ0v) is 16.5. The minimum Gasteiger partial charge on any atom is -0.366 e. The maximum atomic E-state index is 14.7. The van der Waals surface area contributed by atoms with Crippen LogP contribution in [0.3, 0.4) is 0 Å². The van der Waals surface area contributed by atoms with Crippen LogP contribution < -0.4 is 16.7 Å². The van der Waals surface area contributed by atoms with E-state index in [0.717, 1.165) is 0 Å². The van der Waals surface area contributed by atoms with E-state index in [1.807, 2.05) is 6.92 Å². The van der Waals surface area contributed by atoms with Gasteiger partial charge in [-0.15, -0.1) is 0 Å². The summed E-state index contributed by atoms with van der Waals surface area (Å²) in [4.78, 5) is 33.0. The van der Waals surface area contributed by atoms with Gasteiger partial charge in [0.05, 0.1) is 29.4 Å². The van der Waals surface area contributed by atoms with Crippen molar-refractivity contribution in [1.29, 1.82) is 5.26 Å². The van der Waals surface area contributed by atoms with E-state index in [1.165, 1.54) is 18.3 Å². The number of nitrogens with one attached hydrogen (secondary N) is 1. The summed E-state index contributed by atoms with van der Waals surface area (Å²) < 4.78 is 17.8. The Morgan fingerprint density at radius 3 is 2.80 bits per heavy atom. The fourth-order valence-corrected chi connectivity index (χ4v) is 3.82. The molecule has 3 N–H and O–H groups in total. The minimum atomic E-state index is -0.874. The van der Waals surface area contributed by atoms with E-state index in [2.05, 4.69) is 21.4 Å². The second-order valence-corrected chi connectivity index (χ2v) is 7.41. The zero-order chi connectivity index (χ0) is 21.6. The van der Waals surface area contributed by atoms with Crippen LogP contribution in [-0.4, -0.2) is 25.0 Å². The Morgan fingerprint density at radius 2 is 2.17 bits per heavy atom. The second kappa shape index (κ2) is 7.26. The number of halogens is 1. The van der Waals surface area contributed by atoms with E-state index in [4.69, 9.17) is 11.0 Å². The van der Waals surface area contributed by atoms with Crippen molar-refractivity contribution in [3.8, 4) is 6.07 Å². The molecule has 2 aromatic heterocycles. The third kappa shape index (κ3) is 3.08. The first-order valence-corrected chi connectivity index (χ1v) is 9.58. The molecular weight excluding hydrogens is 389 g/mol. The van der Waals surface area contributed by atoms with Gasteiger partial charge < -0.3 is 11.1 Å². The molecule has 0 atom stereocenters. The molecule has 1 aliphatic carbocycles. The van der Waals surface area contributed by atoms with Crippen LogP contribution in [0, 0.1) is 30.0 Å². The summed E-state index contributed by atoms with van der Waals surface area (Å²) in [6.45, 7) is 4.01. The van der Waals surface area contributed by atoms with E-state index >= 15 is 0 Å². The Balaban J connectivity index is 1.79. The number of aromatic nitrogens is 4. The van der Waals surface area contributed by atoms with Gasteiger partial charge in [-0.25, -0.2) is 14.2 Å². The molecule has 0 bridgehead atoms. The number of rotatable bonds is 5. The van der Waals surface area contributed by atoms with Gasteiger partial charge in [-0.1, -0.05) is 0 Å². The molecule has 2 heterocycles. The van der Waals surface area contributed by atoms with Gasteiger partial charge in [-0.3, -0.25) is 13.9 Å². The summed E-state index contributed by atoms with van der Waals surface area (Å²) in [5, 5.41) is 11.8. The molecule has 30 heavy (non-hydrogen) atoms. The fraction of sp³-hybridized carbons (Fsp3) is 0.350. The van der Waals surface area contributed by atoms with Crippen LogP contribution in [0.15, 0.2) is 23.1 Å². The van der Waals surface area contributed by atoms with Gasteiger partial charge in [0.2, 0.25) is 5.95 Å². The molecule has 1 amide bonds. The first-order valence-electron chi connectivity index (χ1n) is 9.58. The Kier molecular flexibility index (Phi) is 4.73. The lowest BCUT2D eigenvalue weighted by atomic mass is 9.81. The number of hydrogen-bond acceptors (Lipinski definition) is 6. The van der Waals surface area contributed by atoms with Gasteiger partial charge in [-0.2, -0.15) is 10.2 Å². The molecular formula is C20H20FN7O2. The summed E-state index contributed by atoms with van der Waals surface area (Å²) in [6, 6.07) is 4.99. The van der Waals surface area contributed by atoms with Crippen LogP contribution in [-0.2, 0) is 6.54 Å². The molecule has 0 radical (unpaired) electrons. The zero-order valence-electron chi connectivity index (χ0n) is 16.5. The van der Waals surface area contributed by atoms with E-state index in [1.54, 1.807) is 16.1 Å². The summed E-state index contributed by atoms with van der Waals surface area (Å²) >= 11 is 0. The standard InChI is InChI=1S/C20H20FN7O2/c1-3-27-15-9-24-19(25-14-5-10(2)4-13(16(14)21)17(23)29)26-18(15)28(20(27)30)12-6-11(7-12)8-22/h4-5,9,11-12H,3,6-7H2,1-2H3,(H2,23,29)(H,24,25,26). The summed E-state index contributed by atoms with van der Waals surface area (Å²) in [5.74, 6) is -1.66. The molecule has 1 fully saturated rings. The summed E-state index contributed by atoms with van der Waals surface area (Å²) in [7, 11) is 0. The Hall–Kier alpha value is -3.74. The smallest absolute Gasteiger partial charge is 0.330 e. The number of carbonyl (C=O) groups excluding carboxylic acids is 1. The van der Waals surface area contributed by atoms with Crippen molar-refractivity contribution in [3.63, 3.8) is 0 Å². The third-order valence-corrected chi connectivity index (χ3v) is 5.41. The Morgan fingerprint density at radius 1 is 1.43 bits per heavy atom.